The molecule has 3 N–H and O–H groups in total. The zero-order valence-electron chi connectivity index (χ0n) is 22.1. The molecule has 1 fully saturated rings. The molecule has 1 saturated heterocycles. The molecule has 0 bridgehead atoms. The number of rotatable bonds is 6. The number of aromatic nitrogens is 3. The topological polar surface area (TPSA) is 130 Å². The van der Waals surface area contributed by atoms with Crippen LogP contribution >= 0.6 is 0 Å². The van der Waals surface area contributed by atoms with Gasteiger partial charge in [0.25, 0.3) is 0 Å². The Bertz CT molecular complexity index is 1730. The molecule has 1 unspecified atom stereocenters. The minimum atomic E-state index is -1.36. The largest absolute Gasteiger partial charge is 0.477 e. The second-order valence-corrected chi connectivity index (χ2v) is 10.1. The summed E-state index contributed by atoms with van der Waals surface area (Å²) in [5.41, 5.74) is 5.40. The van der Waals surface area contributed by atoms with Gasteiger partial charge < -0.3 is 29.7 Å². The first-order chi connectivity index (χ1) is 19.3. The molecule has 3 aromatic heterocycles. The zero-order chi connectivity index (χ0) is 28.1. The summed E-state index contributed by atoms with van der Waals surface area (Å²) in [5.74, 6) is -1.72. The fraction of sp³-hybridized carbons (Fsp3) is 0.310. The van der Waals surface area contributed by atoms with Crippen LogP contribution in [-0.4, -0.2) is 70.2 Å². The van der Waals surface area contributed by atoms with E-state index in [9.17, 15) is 24.2 Å². The van der Waals surface area contributed by atoms with E-state index < -0.39 is 23.1 Å². The van der Waals surface area contributed by atoms with Crippen LogP contribution < -0.4 is 15.6 Å². The summed E-state index contributed by atoms with van der Waals surface area (Å²) in [4.78, 5) is 36.6. The highest BCUT2D eigenvalue weighted by Gasteiger charge is 2.31. The van der Waals surface area contributed by atoms with Crippen molar-refractivity contribution in [3.8, 4) is 22.3 Å². The molecule has 1 atom stereocenters. The monoisotopic (exact) mass is 545 g/mol. The number of carboxylic acid groups (broad SMARTS) is 1. The van der Waals surface area contributed by atoms with Gasteiger partial charge in [0.2, 0.25) is 5.43 Å². The van der Waals surface area contributed by atoms with Crippen molar-refractivity contribution in [3.63, 3.8) is 0 Å². The van der Waals surface area contributed by atoms with Gasteiger partial charge in [0.1, 0.15) is 17.0 Å². The highest BCUT2D eigenvalue weighted by molar-refractivity contribution is 5.98. The molecule has 1 aliphatic carbocycles. The van der Waals surface area contributed by atoms with Crippen LogP contribution in [-0.2, 0) is 17.7 Å². The lowest BCUT2D eigenvalue weighted by Gasteiger charge is -2.32. The Kier molecular flexibility index (Phi) is 6.47. The molecule has 0 amide bonds. The van der Waals surface area contributed by atoms with Crippen LogP contribution in [0, 0.1) is 5.82 Å². The quantitative estimate of drug-likeness (QED) is 0.295. The van der Waals surface area contributed by atoms with Crippen molar-refractivity contribution in [1.82, 2.24) is 14.5 Å². The number of benzene rings is 1. The normalized spacial score (nSPS) is 15.2. The van der Waals surface area contributed by atoms with Gasteiger partial charge in [-0.15, -0.1) is 0 Å². The molecule has 4 aromatic rings. The van der Waals surface area contributed by atoms with Gasteiger partial charge in [0.15, 0.2) is 0 Å². The van der Waals surface area contributed by atoms with Crippen molar-refractivity contribution in [2.24, 2.45) is 0 Å². The zero-order valence-corrected chi connectivity index (χ0v) is 22.1. The molecule has 0 radical (unpaired) electrons. The summed E-state index contributed by atoms with van der Waals surface area (Å²) < 4.78 is 21.8. The van der Waals surface area contributed by atoms with Crippen molar-refractivity contribution in [1.29, 1.82) is 0 Å². The van der Waals surface area contributed by atoms with Crippen molar-refractivity contribution in [2.45, 2.75) is 26.0 Å². The molecule has 0 saturated carbocycles. The van der Waals surface area contributed by atoms with Crippen LogP contribution in [0.5, 0.6) is 0 Å². The van der Waals surface area contributed by atoms with E-state index in [0.29, 0.717) is 49.5 Å². The highest BCUT2D eigenvalue weighted by Crippen LogP contribution is 2.48. The number of halogens is 1. The van der Waals surface area contributed by atoms with Crippen molar-refractivity contribution in [3.05, 3.63) is 69.7 Å². The van der Waals surface area contributed by atoms with E-state index in [1.807, 2.05) is 0 Å². The molecule has 1 aliphatic heterocycles. The van der Waals surface area contributed by atoms with Gasteiger partial charge >= 0.3 is 5.97 Å². The first-order valence-electron chi connectivity index (χ1n) is 13.1. The number of nitrogens with one attached hydrogen (secondary N) is 1. The number of ether oxygens (including phenoxy) is 1. The van der Waals surface area contributed by atoms with Crippen LogP contribution in [0.3, 0.4) is 0 Å². The predicted molar refractivity (Wildman–Crippen MR) is 149 cm³/mol. The van der Waals surface area contributed by atoms with Crippen LogP contribution in [0.25, 0.3) is 33.3 Å². The average molecular weight is 546 g/mol. The first kappa shape index (κ1) is 25.9. The molecule has 6 rings (SSSR count). The van der Waals surface area contributed by atoms with E-state index in [1.165, 1.54) is 22.9 Å². The van der Waals surface area contributed by atoms with Gasteiger partial charge in [0.05, 0.1) is 36.1 Å². The molecule has 206 valence electrons. The summed E-state index contributed by atoms with van der Waals surface area (Å²) in [5, 5.41) is 22.9. The maximum atomic E-state index is 14.7. The lowest BCUT2D eigenvalue weighted by molar-refractivity contribution is 0.0694. The molecule has 10 nitrogen and oxygen atoms in total. The smallest absolute Gasteiger partial charge is 0.341 e. The lowest BCUT2D eigenvalue weighted by Crippen LogP contribution is -2.37. The second kappa shape index (κ2) is 10.00. The standard InChI is InChI=1S/C29H28FN5O5/c1-15(36)13-35-14-22(29(38)39)27(37)20-7-16(11-33-28(20)35)21-12-32-24-10-18-19(8-17(30)9-23(18)31-2)25(24)26(21)34-3-5-40-6-4-34/h7-9,11-12,14-15,31,36H,3-6,10,13H2,1-2H3,(H,38,39). The van der Waals surface area contributed by atoms with Crippen molar-refractivity contribution >= 4 is 28.4 Å². The van der Waals surface area contributed by atoms with Gasteiger partial charge in [-0.1, -0.05) is 0 Å². The third kappa shape index (κ3) is 4.27. The fourth-order valence-electron chi connectivity index (χ4n) is 5.72. The van der Waals surface area contributed by atoms with Gasteiger partial charge in [-0.25, -0.2) is 14.2 Å². The minimum absolute atomic E-state index is 0.0684. The number of fused-ring (bicyclic) bond motifs is 4. The molecular weight excluding hydrogens is 517 g/mol. The molecule has 11 heteroatoms. The Hall–Kier alpha value is -4.35. The van der Waals surface area contributed by atoms with E-state index in [-0.39, 0.29) is 23.4 Å². The Balaban J connectivity index is 1.62. The van der Waals surface area contributed by atoms with Gasteiger partial charge in [-0.05, 0) is 36.2 Å². The average Bonchev–Trinajstić information content (AvgIpc) is 3.32. The first-order valence-corrected chi connectivity index (χ1v) is 13.1. The fourth-order valence-corrected chi connectivity index (χ4v) is 5.72. The molecule has 4 heterocycles. The molecule has 0 spiro atoms. The molecule has 40 heavy (non-hydrogen) atoms. The number of pyridine rings is 3. The van der Waals surface area contributed by atoms with Gasteiger partial charge in [-0.3, -0.25) is 9.78 Å². The maximum absolute atomic E-state index is 14.7. The third-order valence-corrected chi connectivity index (χ3v) is 7.47. The SMILES string of the molecule is CNc1cc(F)cc2c1Cc1ncc(-c3cnc4c(c3)c(=O)c(C(=O)O)cn4CC(C)O)c(N3CCOCC3)c1-2. The maximum Gasteiger partial charge on any atom is 0.341 e. The summed E-state index contributed by atoms with van der Waals surface area (Å²) in [6.07, 6.45) is 4.33. The number of aromatic carboxylic acids is 1. The minimum Gasteiger partial charge on any atom is -0.477 e. The summed E-state index contributed by atoms with van der Waals surface area (Å²) in [6.45, 7) is 3.91. The van der Waals surface area contributed by atoms with Crippen LogP contribution in [0.4, 0.5) is 15.8 Å². The third-order valence-electron chi connectivity index (χ3n) is 7.47. The molecular formula is C29H28FN5O5. The van der Waals surface area contributed by atoms with E-state index in [2.05, 4.69) is 15.2 Å². The molecule has 2 aliphatic rings. The number of hydrogen-bond acceptors (Lipinski definition) is 8. The second-order valence-electron chi connectivity index (χ2n) is 10.1. The Morgan fingerprint density at radius 1 is 1.18 bits per heavy atom. The number of aliphatic hydroxyl groups excluding tert-OH is 1. The highest BCUT2D eigenvalue weighted by atomic mass is 19.1. The van der Waals surface area contributed by atoms with Crippen molar-refractivity contribution in [2.75, 3.05) is 43.6 Å². The number of hydrogen-bond donors (Lipinski definition) is 3. The summed E-state index contributed by atoms with van der Waals surface area (Å²) in [6, 6.07) is 4.64. The molecule has 1 aromatic carbocycles. The van der Waals surface area contributed by atoms with E-state index in [1.54, 1.807) is 32.4 Å². The van der Waals surface area contributed by atoms with E-state index in [0.717, 1.165) is 28.1 Å². The van der Waals surface area contributed by atoms with E-state index >= 15 is 0 Å². The van der Waals surface area contributed by atoms with Crippen molar-refractivity contribution < 1.29 is 24.1 Å². The summed E-state index contributed by atoms with van der Waals surface area (Å²) in [7, 11) is 1.76. The Labute approximate surface area is 228 Å². The Morgan fingerprint density at radius 2 is 1.95 bits per heavy atom. The van der Waals surface area contributed by atoms with Crippen LogP contribution in [0.2, 0.25) is 0 Å². The van der Waals surface area contributed by atoms with Gasteiger partial charge in [-0.2, -0.15) is 0 Å². The lowest BCUT2D eigenvalue weighted by atomic mass is 9.97. The van der Waals surface area contributed by atoms with Crippen LogP contribution in [0.1, 0.15) is 28.5 Å². The predicted octanol–water partition coefficient (Wildman–Crippen LogP) is 3.13. The number of nitrogens with zero attached hydrogens (tertiary/aromatic N) is 4. The number of morpholine rings is 1. The van der Waals surface area contributed by atoms with Gasteiger partial charge in [0, 0.05) is 74.1 Å². The summed E-state index contributed by atoms with van der Waals surface area (Å²) >= 11 is 0. The number of carboxylic acids is 1. The number of anilines is 2. The Morgan fingerprint density at radius 3 is 2.65 bits per heavy atom. The number of aliphatic hydroxyl groups is 1. The van der Waals surface area contributed by atoms with Crippen LogP contribution in [0.15, 0.2) is 41.6 Å². The van der Waals surface area contributed by atoms with E-state index in [4.69, 9.17) is 9.72 Å². The number of carbonyl (C=O) groups is 1.